The summed E-state index contributed by atoms with van der Waals surface area (Å²) in [6, 6.07) is 0.268. The first-order valence-corrected chi connectivity index (χ1v) is 8.13. The minimum absolute atomic E-state index is 0.0713. The van der Waals surface area contributed by atoms with Crippen LogP contribution >= 0.6 is 0 Å². The molecule has 0 unspecified atom stereocenters. The van der Waals surface area contributed by atoms with Crippen LogP contribution < -0.4 is 5.32 Å². The third kappa shape index (κ3) is 2.27. The predicted octanol–water partition coefficient (Wildman–Crippen LogP) is -0.361. The summed E-state index contributed by atoms with van der Waals surface area (Å²) < 4.78 is 0. The Bertz CT molecular complexity index is 525. The Balaban J connectivity index is 1.36. The molecular formula is C15H21N3O4. The molecule has 2 saturated carbocycles. The number of hydrogen-bond acceptors (Lipinski definition) is 5. The van der Waals surface area contributed by atoms with E-state index in [0.717, 1.165) is 19.3 Å². The van der Waals surface area contributed by atoms with Crippen molar-refractivity contribution in [3.8, 4) is 0 Å². The van der Waals surface area contributed by atoms with Crippen LogP contribution in [-0.2, 0) is 14.4 Å². The molecule has 0 aromatic rings. The minimum atomic E-state index is -0.335. The summed E-state index contributed by atoms with van der Waals surface area (Å²) in [7, 11) is 0. The number of aliphatic hydroxyl groups excluding tert-OH is 1. The molecule has 0 aromatic carbocycles. The Morgan fingerprint density at radius 2 is 2.05 bits per heavy atom. The third-order valence-electron chi connectivity index (χ3n) is 5.35. The van der Waals surface area contributed by atoms with Gasteiger partial charge in [0.05, 0.1) is 18.6 Å². The van der Waals surface area contributed by atoms with Gasteiger partial charge in [-0.15, -0.1) is 0 Å². The molecule has 7 heteroatoms. The number of aliphatic hydroxyl groups is 1. The maximum Gasteiger partial charge on any atom is 0.269 e. The number of carbonyl (C=O) groups excluding carboxylic acids is 2. The smallest absolute Gasteiger partial charge is 0.269 e. The van der Waals surface area contributed by atoms with Gasteiger partial charge in [0.2, 0.25) is 5.91 Å². The molecule has 22 heavy (non-hydrogen) atoms. The highest BCUT2D eigenvalue weighted by Crippen LogP contribution is 2.33. The van der Waals surface area contributed by atoms with E-state index in [0.29, 0.717) is 31.6 Å². The van der Waals surface area contributed by atoms with Crippen LogP contribution in [-0.4, -0.2) is 58.9 Å². The van der Waals surface area contributed by atoms with Gasteiger partial charge in [-0.3, -0.25) is 9.59 Å². The van der Waals surface area contributed by atoms with Crippen LogP contribution in [0.3, 0.4) is 0 Å². The fraction of sp³-hybridized carbons (Fsp3) is 0.800. The fourth-order valence-electron chi connectivity index (χ4n) is 3.58. The lowest BCUT2D eigenvalue weighted by molar-refractivity contribution is -0.141. The Labute approximate surface area is 128 Å². The number of hydrogen-bond donors (Lipinski definition) is 2. The van der Waals surface area contributed by atoms with E-state index in [9.17, 15) is 14.7 Å². The lowest BCUT2D eigenvalue weighted by atomic mass is 9.81. The van der Waals surface area contributed by atoms with Crippen LogP contribution in [0.2, 0.25) is 0 Å². The maximum atomic E-state index is 12.3. The highest BCUT2D eigenvalue weighted by molar-refractivity contribution is 6.40. The zero-order valence-electron chi connectivity index (χ0n) is 12.4. The Hall–Kier alpha value is -1.63. The quantitative estimate of drug-likeness (QED) is 0.745. The van der Waals surface area contributed by atoms with E-state index in [-0.39, 0.29) is 41.9 Å². The summed E-state index contributed by atoms with van der Waals surface area (Å²) in [5, 5.41) is 16.3. The van der Waals surface area contributed by atoms with E-state index in [1.807, 2.05) is 0 Å². The van der Waals surface area contributed by atoms with Gasteiger partial charge >= 0.3 is 0 Å². The van der Waals surface area contributed by atoms with Crippen molar-refractivity contribution in [2.45, 2.75) is 50.4 Å². The molecule has 2 amide bonds. The van der Waals surface area contributed by atoms with Crippen molar-refractivity contribution in [2.75, 3.05) is 13.1 Å². The zero-order valence-corrected chi connectivity index (χ0v) is 12.4. The number of likely N-dealkylation sites (tertiary alicyclic amines) is 1. The van der Waals surface area contributed by atoms with Crippen molar-refractivity contribution in [1.29, 1.82) is 0 Å². The Morgan fingerprint density at radius 3 is 2.68 bits per heavy atom. The molecule has 4 aliphatic rings. The van der Waals surface area contributed by atoms with Gasteiger partial charge in [0.15, 0.2) is 11.8 Å². The zero-order chi connectivity index (χ0) is 15.3. The summed E-state index contributed by atoms with van der Waals surface area (Å²) >= 11 is 0. The summed E-state index contributed by atoms with van der Waals surface area (Å²) in [6.45, 7) is 0.979. The number of nitrogens with zero attached hydrogens (tertiary/aromatic N) is 2. The first-order chi connectivity index (χ1) is 10.6. The SMILES string of the molecule is O=C(NC1CCC1)C1=NO[C@@H]2CN(C(=O)C3CC(O)C3)C[C@H]12. The molecule has 0 spiro atoms. The minimum Gasteiger partial charge on any atom is -0.393 e. The van der Waals surface area contributed by atoms with E-state index in [2.05, 4.69) is 10.5 Å². The molecule has 2 atom stereocenters. The van der Waals surface area contributed by atoms with Crippen LogP contribution in [0.5, 0.6) is 0 Å². The number of nitrogens with one attached hydrogen (secondary N) is 1. The van der Waals surface area contributed by atoms with Gasteiger partial charge in [0.25, 0.3) is 5.91 Å². The van der Waals surface area contributed by atoms with Crippen molar-refractivity contribution in [2.24, 2.45) is 17.0 Å². The summed E-state index contributed by atoms with van der Waals surface area (Å²) in [5.74, 6) is -0.264. The van der Waals surface area contributed by atoms with E-state index >= 15 is 0 Å². The second kappa shape index (κ2) is 5.22. The van der Waals surface area contributed by atoms with Gasteiger partial charge in [0.1, 0.15) is 0 Å². The largest absolute Gasteiger partial charge is 0.393 e. The van der Waals surface area contributed by atoms with Gasteiger partial charge in [-0.2, -0.15) is 0 Å². The van der Waals surface area contributed by atoms with Gasteiger partial charge in [-0.25, -0.2) is 0 Å². The highest BCUT2D eigenvalue weighted by atomic mass is 16.6. The molecule has 2 N–H and O–H groups in total. The van der Waals surface area contributed by atoms with Crippen LogP contribution in [0.4, 0.5) is 0 Å². The highest BCUT2D eigenvalue weighted by Gasteiger charge is 2.48. The van der Waals surface area contributed by atoms with Crippen molar-refractivity contribution in [3.63, 3.8) is 0 Å². The van der Waals surface area contributed by atoms with Crippen molar-refractivity contribution >= 4 is 17.5 Å². The van der Waals surface area contributed by atoms with Gasteiger partial charge in [-0.05, 0) is 32.1 Å². The molecule has 0 aromatic heterocycles. The molecule has 3 fully saturated rings. The third-order valence-corrected chi connectivity index (χ3v) is 5.35. The first-order valence-electron chi connectivity index (χ1n) is 8.13. The molecule has 2 aliphatic heterocycles. The molecule has 1 saturated heterocycles. The Morgan fingerprint density at radius 1 is 1.27 bits per heavy atom. The van der Waals surface area contributed by atoms with E-state index in [1.54, 1.807) is 4.90 Å². The van der Waals surface area contributed by atoms with Crippen molar-refractivity contribution in [1.82, 2.24) is 10.2 Å². The number of oxime groups is 1. The fourth-order valence-corrected chi connectivity index (χ4v) is 3.58. The summed E-state index contributed by atoms with van der Waals surface area (Å²) in [6.07, 6.45) is 3.79. The van der Waals surface area contributed by atoms with Gasteiger partial charge < -0.3 is 20.2 Å². The lowest BCUT2D eigenvalue weighted by Crippen LogP contribution is -2.46. The normalized spacial score (nSPS) is 36.8. The van der Waals surface area contributed by atoms with Crippen LogP contribution in [0.1, 0.15) is 32.1 Å². The monoisotopic (exact) mass is 307 g/mol. The molecule has 0 bridgehead atoms. The molecular weight excluding hydrogens is 286 g/mol. The molecule has 4 rings (SSSR count). The standard InChI is InChI=1S/C15H21N3O4/c19-10-4-8(5-10)15(21)18-6-11-12(7-18)22-17-13(11)14(20)16-9-2-1-3-9/h8-12,19H,1-7H2,(H,16,20)/t8?,10?,11-,12+/m0/s1. The van der Waals surface area contributed by atoms with Crippen LogP contribution in [0, 0.1) is 11.8 Å². The van der Waals surface area contributed by atoms with Crippen molar-refractivity contribution in [3.05, 3.63) is 0 Å². The average molecular weight is 307 g/mol. The molecule has 7 nitrogen and oxygen atoms in total. The maximum absolute atomic E-state index is 12.3. The number of amides is 2. The van der Waals surface area contributed by atoms with Crippen LogP contribution in [0.25, 0.3) is 0 Å². The van der Waals surface area contributed by atoms with Crippen molar-refractivity contribution < 1.29 is 19.5 Å². The summed E-state index contributed by atoms with van der Waals surface area (Å²) in [4.78, 5) is 31.7. The topological polar surface area (TPSA) is 91.2 Å². The Kier molecular flexibility index (Phi) is 3.32. The molecule has 2 aliphatic carbocycles. The van der Waals surface area contributed by atoms with E-state index < -0.39 is 0 Å². The summed E-state index contributed by atoms with van der Waals surface area (Å²) in [5.41, 5.74) is 0.431. The molecule has 120 valence electrons. The molecule has 2 heterocycles. The first kappa shape index (κ1) is 14.0. The average Bonchev–Trinajstić information content (AvgIpc) is 2.98. The second-order valence-electron chi connectivity index (χ2n) is 6.89. The van der Waals surface area contributed by atoms with Crippen LogP contribution in [0.15, 0.2) is 5.16 Å². The van der Waals surface area contributed by atoms with E-state index in [1.165, 1.54) is 0 Å². The lowest BCUT2D eigenvalue weighted by Gasteiger charge is -2.33. The predicted molar refractivity (Wildman–Crippen MR) is 76.9 cm³/mol. The number of rotatable bonds is 3. The number of fused-ring (bicyclic) bond motifs is 1. The number of carbonyl (C=O) groups is 2. The van der Waals surface area contributed by atoms with Gasteiger partial charge in [-0.1, -0.05) is 5.16 Å². The van der Waals surface area contributed by atoms with E-state index in [4.69, 9.17) is 4.84 Å². The second-order valence-corrected chi connectivity index (χ2v) is 6.89. The molecule has 0 radical (unpaired) electrons. The van der Waals surface area contributed by atoms with Gasteiger partial charge in [0, 0.05) is 18.5 Å².